The largest absolute Gasteiger partial charge is 0.349 e. The quantitative estimate of drug-likeness (QED) is 0.829. The normalized spacial score (nSPS) is 15.8. The van der Waals surface area contributed by atoms with E-state index in [1.54, 1.807) is 11.9 Å². The maximum Gasteiger partial charge on any atom is 0.224 e. The number of nitrogens with zero attached hydrogens (tertiary/aromatic N) is 1. The molecule has 1 aliphatic rings. The molecule has 0 saturated carbocycles. The fourth-order valence-electron chi connectivity index (χ4n) is 2.98. The van der Waals surface area contributed by atoms with Gasteiger partial charge >= 0.3 is 0 Å². The van der Waals surface area contributed by atoms with Crippen LogP contribution in [-0.2, 0) is 9.59 Å². The molecule has 8 heteroatoms. The molecule has 1 atom stereocenters. The maximum absolute atomic E-state index is 14.0. The molecule has 0 aromatic heterocycles. The summed E-state index contributed by atoms with van der Waals surface area (Å²) >= 11 is 0. The van der Waals surface area contributed by atoms with Gasteiger partial charge in [-0.15, -0.1) is 12.4 Å². The molecule has 0 aliphatic carbocycles. The minimum atomic E-state index is -0.820. The standard InChI is InChI=1S/C17H23F2N3O2.ClH/c1-11(23)21-16(14-4-3-12(18)9-15(14)19)10-17(24)22(2)13-5-7-20-8-6-13;/h3-4,9,13,16,20H,5-8,10H2,1-2H3,(H,21,23);1H. The first-order chi connectivity index (χ1) is 11.4. The van der Waals surface area contributed by atoms with E-state index in [2.05, 4.69) is 10.6 Å². The smallest absolute Gasteiger partial charge is 0.224 e. The van der Waals surface area contributed by atoms with Gasteiger partial charge in [-0.1, -0.05) is 6.07 Å². The summed E-state index contributed by atoms with van der Waals surface area (Å²) in [6, 6.07) is 2.46. The number of hydrogen-bond donors (Lipinski definition) is 2. The van der Waals surface area contributed by atoms with Gasteiger partial charge in [0.2, 0.25) is 11.8 Å². The predicted molar refractivity (Wildman–Crippen MR) is 93.4 cm³/mol. The van der Waals surface area contributed by atoms with E-state index in [0.29, 0.717) is 0 Å². The lowest BCUT2D eigenvalue weighted by Crippen LogP contribution is -2.45. The minimum absolute atomic E-state index is 0. The van der Waals surface area contributed by atoms with E-state index in [1.807, 2.05) is 0 Å². The van der Waals surface area contributed by atoms with Crippen molar-refractivity contribution in [2.45, 2.75) is 38.3 Å². The molecule has 2 rings (SSSR count). The van der Waals surface area contributed by atoms with E-state index in [1.165, 1.54) is 13.0 Å². The third-order valence-electron chi connectivity index (χ3n) is 4.34. The lowest BCUT2D eigenvalue weighted by atomic mass is 10.00. The third-order valence-corrected chi connectivity index (χ3v) is 4.34. The van der Waals surface area contributed by atoms with E-state index >= 15 is 0 Å². The van der Waals surface area contributed by atoms with E-state index in [4.69, 9.17) is 0 Å². The van der Waals surface area contributed by atoms with E-state index < -0.39 is 17.7 Å². The monoisotopic (exact) mass is 375 g/mol. The molecule has 1 unspecified atom stereocenters. The second-order valence-electron chi connectivity index (χ2n) is 6.11. The van der Waals surface area contributed by atoms with Crippen LogP contribution in [0.25, 0.3) is 0 Å². The van der Waals surface area contributed by atoms with Crippen LogP contribution in [0.4, 0.5) is 8.78 Å². The Hall–Kier alpha value is -1.73. The van der Waals surface area contributed by atoms with E-state index in [-0.39, 0.29) is 42.2 Å². The molecule has 0 bridgehead atoms. The summed E-state index contributed by atoms with van der Waals surface area (Å²) < 4.78 is 27.1. The number of amides is 2. The van der Waals surface area contributed by atoms with Gasteiger partial charge in [0.1, 0.15) is 11.6 Å². The zero-order valence-electron chi connectivity index (χ0n) is 14.4. The predicted octanol–water partition coefficient (Wildman–Crippen LogP) is 2.16. The average molecular weight is 376 g/mol. The molecule has 2 N–H and O–H groups in total. The number of benzene rings is 1. The molecular formula is C17H24ClF2N3O2. The molecule has 1 aromatic carbocycles. The SMILES string of the molecule is CC(=O)NC(CC(=O)N(C)C1CCNCC1)c1ccc(F)cc1F.Cl. The Morgan fingerprint density at radius 2 is 1.96 bits per heavy atom. The Morgan fingerprint density at radius 3 is 2.52 bits per heavy atom. The number of nitrogens with one attached hydrogen (secondary N) is 2. The van der Waals surface area contributed by atoms with Crippen molar-refractivity contribution in [3.63, 3.8) is 0 Å². The first kappa shape index (κ1) is 21.3. The lowest BCUT2D eigenvalue weighted by molar-refractivity contribution is -0.133. The Bertz CT molecular complexity index is 610. The third kappa shape index (κ3) is 5.93. The highest BCUT2D eigenvalue weighted by Crippen LogP contribution is 2.23. The van der Waals surface area contributed by atoms with Gasteiger partial charge in [-0.25, -0.2) is 8.78 Å². The molecule has 0 radical (unpaired) electrons. The van der Waals surface area contributed by atoms with Crippen molar-refractivity contribution in [1.82, 2.24) is 15.5 Å². The van der Waals surface area contributed by atoms with Crippen LogP contribution in [0.5, 0.6) is 0 Å². The first-order valence-electron chi connectivity index (χ1n) is 8.07. The molecule has 5 nitrogen and oxygen atoms in total. The van der Waals surface area contributed by atoms with Crippen molar-refractivity contribution in [2.75, 3.05) is 20.1 Å². The van der Waals surface area contributed by atoms with Crippen LogP contribution in [0.3, 0.4) is 0 Å². The van der Waals surface area contributed by atoms with Crippen molar-refractivity contribution in [1.29, 1.82) is 0 Å². The second-order valence-corrected chi connectivity index (χ2v) is 6.11. The fraction of sp³-hybridized carbons (Fsp3) is 0.529. The summed E-state index contributed by atoms with van der Waals surface area (Å²) in [6.45, 7) is 3.00. The maximum atomic E-state index is 14.0. The fourth-order valence-corrected chi connectivity index (χ4v) is 2.98. The van der Waals surface area contributed by atoms with Gasteiger partial charge in [-0.05, 0) is 32.0 Å². The molecule has 1 saturated heterocycles. The van der Waals surface area contributed by atoms with Crippen LogP contribution in [0.2, 0.25) is 0 Å². The van der Waals surface area contributed by atoms with E-state index in [0.717, 1.165) is 38.1 Å². The van der Waals surface area contributed by atoms with Crippen molar-refractivity contribution >= 4 is 24.2 Å². The van der Waals surface area contributed by atoms with Crippen molar-refractivity contribution in [3.8, 4) is 0 Å². The Balaban J connectivity index is 0.00000312. The number of halogens is 3. The van der Waals surface area contributed by atoms with Crippen LogP contribution >= 0.6 is 12.4 Å². The van der Waals surface area contributed by atoms with Gasteiger partial charge < -0.3 is 15.5 Å². The zero-order chi connectivity index (χ0) is 17.7. The zero-order valence-corrected chi connectivity index (χ0v) is 15.2. The Kier molecular flexibility index (Phi) is 8.25. The summed E-state index contributed by atoms with van der Waals surface area (Å²) in [5, 5.41) is 5.82. The Labute approximate surface area is 152 Å². The van der Waals surface area contributed by atoms with Crippen LogP contribution in [0.1, 0.15) is 37.8 Å². The van der Waals surface area contributed by atoms with Gasteiger partial charge in [0.05, 0.1) is 12.5 Å². The second kappa shape index (κ2) is 9.68. The molecule has 140 valence electrons. The van der Waals surface area contributed by atoms with Crippen molar-refractivity contribution < 1.29 is 18.4 Å². The highest BCUT2D eigenvalue weighted by molar-refractivity contribution is 5.85. The van der Waals surface area contributed by atoms with E-state index in [9.17, 15) is 18.4 Å². The van der Waals surface area contributed by atoms with Gasteiger partial charge in [0.15, 0.2) is 0 Å². The topological polar surface area (TPSA) is 61.4 Å². The molecule has 25 heavy (non-hydrogen) atoms. The van der Waals surface area contributed by atoms with Gasteiger partial charge in [-0.3, -0.25) is 9.59 Å². The number of piperidine rings is 1. The molecule has 0 spiro atoms. The van der Waals surface area contributed by atoms with Gasteiger partial charge in [0.25, 0.3) is 0 Å². The number of hydrogen-bond acceptors (Lipinski definition) is 3. The average Bonchev–Trinajstić information content (AvgIpc) is 2.54. The summed E-state index contributed by atoms with van der Waals surface area (Å²) in [4.78, 5) is 25.6. The Morgan fingerprint density at radius 1 is 1.32 bits per heavy atom. The van der Waals surface area contributed by atoms with Gasteiger partial charge in [0, 0.05) is 31.6 Å². The first-order valence-corrected chi connectivity index (χ1v) is 8.07. The molecule has 1 aromatic rings. The van der Waals surface area contributed by atoms with Gasteiger partial charge in [-0.2, -0.15) is 0 Å². The minimum Gasteiger partial charge on any atom is -0.349 e. The summed E-state index contributed by atoms with van der Waals surface area (Å²) in [7, 11) is 1.73. The number of carbonyl (C=O) groups excluding carboxylic acids is 2. The van der Waals surface area contributed by atoms with Crippen LogP contribution in [0.15, 0.2) is 18.2 Å². The number of rotatable bonds is 5. The van der Waals surface area contributed by atoms with Crippen LogP contribution in [0, 0.1) is 11.6 Å². The molecule has 2 amide bonds. The van der Waals surface area contributed by atoms with Crippen molar-refractivity contribution in [3.05, 3.63) is 35.4 Å². The number of carbonyl (C=O) groups is 2. The lowest BCUT2D eigenvalue weighted by Gasteiger charge is -2.32. The highest BCUT2D eigenvalue weighted by Gasteiger charge is 2.26. The van der Waals surface area contributed by atoms with Crippen LogP contribution in [-0.4, -0.2) is 42.9 Å². The highest BCUT2D eigenvalue weighted by atomic mass is 35.5. The van der Waals surface area contributed by atoms with Crippen LogP contribution < -0.4 is 10.6 Å². The summed E-state index contributed by atoms with van der Waals surface area (Å²) in [5.74, 6) is -2.02. The molecule has 1 fully saturated rings. The molecular weight excluding hydrogens is 352 g/mol. The summed E-state index contributed by atoms with van der Waals surface area (Å²) in [6.07, 6.45) is 1.65. The molecule has 1 aliphatic heterocycles. The van der Waals surface area contributed by atoms with Crippen molar-refractivity contribution in [2.24, 2.45) is 0 Å². The molecule has 1 heterocycles. The summed E-state index contributed by atoms with van der Waals surface area (Å²) in [5.41, 5.74) is 0.110.